The molecule has 1 aromatic heterocycles. The Morgan fingerprint density at radius 3 is 2.68 bits per heavy atom. The Morgan fingerprint density at radius 2 is 2.11 bits per heavy atom. The van der Waals surface area contributed by atoms with Gasteiger partial charge in [-0.2, -0.15) is 0 Å². The highest BCUT2D eigenvalue weighted by atomic mass is 79.9. The molecule has 0 aliphatic heterocycles. The lowest BCUT2D eigenvalue weighted by atomic mass is 10.3. The van der Waals surface area contributed by atoms with Crippen molar-refractivity contribution in [2.75, 3.05) is 11.0 Å². The molecule has 1 N–H and O–H groups in total. The molecule has 1 aromatic carbocycles. The zero-order valence-electron chi connectivity index (χ0n) is 9.68. The SMILES string of the molecule is CSc1cccc(NS(=O)(=O)c2cc(Cl)c(Br)s2)c1. The molecule has 0 radical (unpaired) electrons. The average Bonchev–Trinajstić information content (AvgIpc) is 2.70. The summed E-state index contributed by atoms with van der Waals surface area (Å²) in [7, 11) is -3.60. The summed E-state index contributed by atoms with van der Waals surface area (Å²) in [5.74, 6) is 0. The second-order valence-corrected chi connectivity index (χ2v) is 9.09. The third-order valence-electron chi connectivity index (χ3n) is 2.21. The van der Waals surface area contributed by atoms with Crippen molar-refractivity contribution in [1.82, 2.24) is 0 Å². The number of sulfonamides is 1. The zero-order valence-corrected chi connectivity index (χ0v) is 14.5. The van der Waals surface area contributed by atoms with Gasteiger partial charge in [0.2, 0.25) is 0 Å². The molecule has 1 heterocycles. The molecule has 2 rings (SSSR count). The highest BCUT2D eigenvalue weighted by Crippen LogP contribution is 2.35. The number of halogens is 2. The fraction of sp³-hybridized carbons (Fsp3) is 0.0909. The summed E-state index contributed by atoms with van der Waals surface area (Å²) in [5.41, 5.74) is 0.535. The molecule has 0 amide bonds. The van der Waals surface area contributed by atoms with Crippen LogP contribution in [0.15, 0.2) is 43.2 Å². The Labute approximate surface area is 133 Å². The summed E-state index contributed by atoms with van der Waals surface area (Å²) >= 11 is 11.7. The third kappa shape index (κ3) is 3.66. The first-order valence-corrected chi connectivity index (χ1v) is 9.73. The molecule has 0 unspecified atom stereocenters. The Bertz CT molecular complexity index is 680. The minimum Gasteiger partial charge on any atom is -0.279 e. The lowest BCUT2D eigenvalue weighted by Crippen LogP contribution is -2.11. The van der Waals surface area contributed by atoms with E-state index >= 15 is 0 Å². The number of hydrogen-bond acceptors (Lipinski definition) is 4. The van der Waals surface area contributed by atoms with Gasteiger partial charge in [0, 0.05) is 10.6 Å². The summed E-state index contributed by atoms with van der Waals surface area (Å²) in [5, 5.41) is 0.392. The second kappa shape index (κ2) is 6.05. The van der Waals surface area contributed by atoms with E-state index in [1.807, 2.05) is 12.3 Å². The zero-order chi connectivity index (χ0) is 14.0. The molecule has 0 spiro atoms. The number of hydrogen-bond donors (Lipinski definition) is 1. The molecule has 0 bridgehead atoms. The van der Waals surface area contributed by atoms with Crippen molar-refractivity contribution in [2.45, 2.75) is 9.10 Å². The summed E-state index contributed by atoms with van der Waals surface area (Å²) in [6.07, 6.45) is 1.93. The van der Waals surface area contributed by atoms with Crippen LogP contribution in [0, 0.1) is 0 Å². The van der Waals surface area contributed by atoms with Crippen molar-refractivity contribution in [2.24, 2.45) is 0 Å². The van der Waals surface area contributed by atoms with Crippen LogP contribution in [0.2, 0.25) is 5.02 Å². The number of rotatable bonds is 4. The Kier molecular flexibility index (Phi) is 4.84. The van der Waals surface area contributed by atoms with Gasteiger partial charge in [-0.25, -0.2) is 8.42 Å². The van der Waals surface area contributed by atoms with E-state index in [1.165, 1.54) is 6.07 Å². The Hall–Kier alpha value is -0.210. The maximum atomic E-state index is 12.2. The van der Waals surface area contributed by atoms with E-state index in [9.17, 15) is 8.42 Å². The van der Waals surface area contributed by atoms with E-state index in [0.717, 1.165) is 16.2 Å². The minimum absolute atomic E-state index is 0.180. The lowest BCUT2D eigenvalue weighted by Gasteiger charge is -2.07. The summed E-state index contributed by atoms with van der Waals surface area (Å²) in [6, 6.07) is 8.65. The molecule has 3 nitrogen and oxygen atoms in total. The van der Waals surface area contributed by atoms with Gasteiger partial charge in [0.05, 0.1) is 8.81 Å². The van der Waals surface area contributed by atoms with Gasteiger partial charge < -0.3 is 0 Å². The number of thiophene rings is 1. The molecule has 8 heteroatoms. The van der Waals surface area contributed by atoms with Crippen LogP contribution in [0.5, 0.6) is 0 Å². The van der Waals surface area contributed by atoms with Crippen LogP contribution in [-0.4, -0.2) is 14.7 Å². The van der Waals surface area contributed by atoms with Crippen LogP contribution in [-0.2, 0) is 10.0 Å². The molecule has 0 fully saturated rings. The third-order valence-corrected chi connectivity index (χ3v) is 7.26. The van der Waals surface area contributed by atoms with Gasteiger partial charge in [0.25, 0.3) is 10.0 Å². The Morgan fingerprint density at radius 1 is 1.37 bits per heavy atom. The maximum Gasteiger partial charge on any atom is 0.271 e. The smallest absolute Gasteiger partial charge is 0.271 e. The van der Waals surface area contributed by atoms with Crippen molar-refractivity contribution in [3.8, 4) is 0 Å². The molecule has 0 atom stereocenters. The van der Waals surface area contributed by atoms with E-state index < -0.39 is 10.0 Å². The molecule has 0 aliphatic carbocycles. The van der Waals surface area contributed by atoms with Gasteiger partial charge in [0.1, 0.15) is 4.21 Å². The van der Waals surface area contributed by atoms with E-state index in [2.05, 4.69) is 20.7 Å². The van der Waals surface area contributed by atoms with Crippen LogP contribution in [0.1, 0.15) is 0 Å². The van der Waals surface area contributed by atoms with Crippen molar-refractivity contribution in [3.05, 3.63) is 39.1 Å². The van der Waals surface area contributed by atoms with Crippen molar-refractivity contribution in [3.63, 3.8) is 0 Å². The highest BCUT2D eigenvalue weighted by molar-refractivity contribution is 9.11. The number of thioether (sulfide) groups is 1. The lowest BCUT2D eigenvalue weighted by molar-refractivity contribution is 0.603. The highest BCUT2D eigenvalue weighted by Gasteiger charge is 2.19. The summed E-state index contributed by atoms with van der Waals surface area (Å²) in [4.78, 5) is 0.991. The largest absolute Gasteiger partial charge is 0.279 e. The normalized spacial score (nSPS) is 11.5. The van der Waals surface area contributed by atoms with Crippen LogP contribution in [0.25, 0.3) is 0 Å². The fourth-order valence-electron chi connectivity index (χ4n) is 1.35. The van der Waals surface area contributed by atoms with Gasteiger partial charge in [-0.3, -0.25) is 4.72 Å². The van der Waals surface area contributed by atoms with E-state index in [4.69, 9.17) is 11.6 Å². The van der Waals surface area contributed by atoms with Crippen molar-refractivity contribution < 1.29 is 8.42 Å². The average molecular weight is 399 g/mol. The van der Waals surface area contributed by atoms with Crippen LogP contribution in [0.3, 0.4) is 0 Å². The summed E-state index contributed by atoms with van der Waals surface area (Å²) < 4.78 is 27.7. The second-order valence-electron chi connectivity index (χ2n) is 3.52. The van der Waals surface area contributed by atoms with Crippen LogP contribution < -0.4 is 4.72 Å². The molecule has 0 aliphatic rings. The number of anilines is 1. The fourth-order valence-corrected chi connectivity index (χ4v) is 5.26. The van der Waals surface area contributed by atoms with Gasteiger partial charge in [-0.05, 0) is 46.5 Å². The molecule has 0 saturated heterocycles. The number of benzene rings is 1. The standard InChI is InChI=1S/C11H9BrClNO2S3/c1-17-8-4-2-3-7(5-8)14-19(15,16)10-6-9(13)11(12)18-10/h2-6,14H,1H3. The van der Waals surface area contributed by atoms with Gasteiger partial charge in [-0.1, -0.05) is 17.7 Å². The van der Waals surface area contributed by atoms with E-state index in [1.54, 1.807) is 30.0 Å². The predicted molar refractivity (Wildman–Crippen MR) is 86.1 cm³/mol. The van der Waals surface area contributed by atoms with Gasteiger partial charge in [-0.15, -0.1) is 23.1 Å². The molecule has 102 valence electrons. The first kappa shape index (κ1) is 15.2. The summed E-state index contributed by atoms with van der Waals surface area (Å²) in [6.45, 7) is 0. The van der Waals surface area contributed by atoms with Crippen molar-refractivity contribution >= 4 is 66.3 Å². The maximum absolute atomic E-state index is 12.2. The van der Waals surface area contributed by atoms with E-state index in [0.29, 0.717) is 14.5 Å². The topological polar surface area (TPSA) is 46.2 Å². The quantitative estimate of drug-likeness (QED) is 0.760. The Balaban J connectivity index is 2.30. The monoisotopic (exact) mass is 397 g/mol. The predicted octanol–water partition coefficient (Wildman–Crippen LogP) is 4.69. The molecule has 0 saturated carbocycles. The molecule has 19 heavy (non-hydrogen) atoms. The molecular weight excluding hydrogens is 390 g/mol. The molecule has 2 aromatic rings. The van der Waals surface area contributed by atoms with Gasteiger partial charge in [0.15, 0.2) is 0 Å². The van der Waals surface area contributed by atoms with Gasteiger partial charge >= 0.3 is 0 Å². The first-order chi connectivity index (χ1) is 8.92. The van der Waals surface area contributed by atoms with E-state index in [-0.39, 0.29) is 4.21 Å². The van der Waals surface area contributed by atoms with Crippen LogP contribution >= 0.6 is 50.6 Å². The van der Waals surface area contributed by atoms with Crippen molar-refractivity contribution in [1.29, 1.82) is 0 Å². The first-order valence-electron chi connectivity index (χ1n) is 5.04. The van der Waals surface area contributed by atoms with Crippen LogP contribution in [0.4, 0.5) is 5.69 Å². The number of nitrogens with one attached hydrogen (secondary N) is 1. The minimum atomic E-state index is -3.60. The molecular formula is C11H9BrClNO2S3.